The van der Waals surface area contributed by atoms with E-state index in [-0.39, 0.29) is 11.5 Å². The van der Waals surface area contributed by atoms with Gasteiger partial charge in [0.2, 0.25) is 0 Å². The standard InChI is InChI=1S/C7H12N2O2/c8-3-7-1-5(2-7)9(4-7)6(10)11/h5H,1-4,8H2,(H,10,11). The number of carboxylic acid groups (broad SMARTS) is 1. The second-order valence-corrected chi connectivity index (χ2v) is 3.68. The minimum absolute atomic E-state index is 0.156. The molecule has 0 aromatic carbocycles. The van der Waals surface area contributed by atoms with Gasteiger partial charge < -0.3 is 15.7 Å². The fourth-order valence-electron chi connectivity index (χ4n) is 2.23. The summed E-state index contributed by atoms with van der Waals surface area (Å²) >= 11 is 0. The molecule has 1 aliphatic carbocycles. The average Bonchev–Trinajstić information content (AvgIpc) is 2.38. The molecule has 0 radical (unpaired) electrons. The van der Waals surface area contributed by atoms with Crippen molar-refractivity contribution in [2.45, 2.75) is 18.9 Å². The molecule has 2 saturated heterocycles. The minimum atomic E-state index is -0.789. The van der Waals surface area contributed by atoms with Crippen LogP contribution in [0.25, 0.3) is 0 Å². The molecule has 0 unspecified atom stereocenters. The Morgan fingerprint density at radius 1 is 1.73 bits per heavy atom. The van der Waals surface area contributed by atoms with Crippen LogP contribution in [0.2, 0.25) is 0 Å². The lowest BCUT2D eigenvalue weighted by Gasteiger charge is -2.35. The van der Waals surface area contributed by atoms with Crippen molar-refractivity contribution >= 4 is 6.09 Å². The number of hydrogen-bond donors (Lipinski definition) is 2. The molecule has 2 bridgehead atoms. The summed E-state index contributed by atoms with van der Waals surface area (Å²) in [4.78, 5) is 12.1. The number of amides is 1. The highest BCUT2D eigenvalue weighted by molar-refractivity contribution is 5.67. The van der Waals surface area contributed by atoms with Crippen LogP contribution < -0.4 is 5.73 Å². The maximum atomic E-state index is 10.6. The van der Waals surface area contributed by atoms with E-state index in [9.17, 15) is 4.79 Å². The van der Waals surface area contributed by atoms with E-state index in [2.05, 4.69) is 0 Å². The van der Waals surface area contributed by atoms with Crippen molar-refractivity contribution in [3.8, 4) is 0 Å². The van der Waals surface area contributed by atoms with E-state index >= 15 is 0 Å². The Hall–Kier alpha value is -0.770. The van der Waals surface area contributed by atoms with E-state index in [1.54, 1.807) is 0 Å². The molecule has 2 heterocycles. The molecule has 0 atom stereocenters. The molecule has 3 aliphatic rings. The third kappa shape index (κ3) is 0.758. The van der Waals surface area contributed by atoms with Crippen LogP contribution >= 0.6 is 0 Å². The zero-order chi connectivity index (χ0) is 8.06. The number of fused-ring (bicyclic) bond motifs is 1. The van der Waals surface area contributed by atoms with Gasteiger partial charge in [0.1, 0.15) is 0 Å². The van der Waals surface area contributed by atoms with Gasteiger partial charge in [-0.15, -0.1) is 0 Å². The number of nitrogens with zero attached hydrogens (tertiary/aromatic N) is 1. The number of nitrogens with two attached hydrogens (primary N) is 1. The number of carbonyl (C=O) groups is 1. The quantitative estimate of drug-likeness (QED) is 0.565. The van der Waals surface area contributed by atoms with E-state index < -0.39 is 6.09 Å². The number of rotatable bonds is 1. The summed E-state index contributed by atoms with van der Waals surface area (Å²) in [6.45, 7) is 1.29. The minimum Gasteiger partial charge on any atom is -0.465 e. The lowest BCUT2D eigenvalue weighted by molar-refractivity contribution is 0.138. The predicted molar refractivity (Wildman–Crippen MR) is 39.2 cm³/mol. The maximum Gasteiger partial charge on any atom is 0.407 e. The molecule has 1 amide bonds. The first-order valence-electron chi connectivity index (χ1n) is 3.86. The van der Waals surface area contributed by atoms with E-state index in [1.807, 2.05) is 0 Å². The molecule has 4 nitrogen and oxygen atoms in total. The highest BCUT2D eigenvalue weighted by Gasteiger charge is 2.55. The summed E-state index contributed by atoms with van der Waals surface area (Å²) in [6, 6.07) is 0.274. The second kappa shape index (κ2) is 1.88. The topological polar surface area (TPSA) is 66.6 Å². The van der Waals surface area contributed by atoms with Gasteiger partial charge in [0.15, 0.2) is 0 Å². The Bertz CT molecular complexity index is 199. The van der Waals surface area contributed by atoms with Crippen LogP contribution in [0.4, 0.5) is 4.79 Å². The van der Waals surface area contributed by atoms with Crippen LogP contribution in [0.3, 0.4) is 0 Å². The molecule has 62 valence electrons. The summed E-state index contributed by atoms with van der Waals surface area (Å²) < 4.78 is 0. The highest BCUT2D eigenvalue weighted by Crippen LogP contribution is 2.50. The predicted octanol–water partition coefficient (Wildman–Crippen LogP) is 0.0875. The third-order valence-corrected chi connectivity index (χ3v) is 2.96. The first-order valence-corrected chi connectivity index (χ1v) is 3.86. The van der Waals surface area contributed by atoms with Crippen molar-refractivity contribution in [2.75, 3.05) is 13.1 Å². The zero-order valence-electron chi connectivity index (χ0n) is 6.29. The summed E-state index contributed by atoms with van der Waals surface area (Å²) in [7, 11) is 0. The Labute approximate surface area is 65.0 Å². The Morgan fingerprint density at radius 2 is 2.36 bits per heavy atom. The highest BCUT2D eigenvalue weighted by atomic mass is 16.4. The molecule has 1 saturated carbocycles. The largest absolute Gasteiger partial charge is 0.465 e. The van der Waals surface area contributed by atoms with Gasteiger partial charge >= 0.3 is 6.09 Å². The monoisotopic (exact) mass is 156 g/mol. The Kier molecular flexibility index (Phi) is 1.18. The van der Waals surface area contributed by atoms with Gasteiger partial charge in [-0.3, -0.25) is 0 Å². The lowest BCUT2D eigenvalue weighted by Crippen LogP contribution is -2.40. The maximum absolute atomic E-state index is 10.6. The smallest absolute Gasteiger partial charge is 0.407 e. The second-order valence-electron chi connectivity index (χ2n) is 3.68. The normalized spacial score (nSPS) is 40.5. The Morgan fingerprint density at radius 3 is 2.64 bits per heavy atom. The number of hydrogen-bond acceptors (Lipinski definition) is 2. The van der Waals surface area contributed by atoms with Crippen molar-refractivity contribution in [1.82, 2.24) is 4.90 Å². The van der Waals surface area contributed by atoms with Crippen LogP contribution in [-0.4, -0.2) is 35.2 Å². The molecular weight excluding hydrogens is 144 g/mol. The summed E-state index contributed by atoms with van der Waals surface area (Å²) in [5.41, 5.74) is 5.70. The van der Waals surface area contributed by atoms with Crippen LogP contribution in [0.5, 0.6) is 0 Å². The Balaban J connectivity index is 2.08. The van der Waals surface area contributed by atoms with Crippen molar-refractivity contribution in [1.29, 1.82) is 0 Å². The van der Waals surface area contributed by atoms with Crippen LogP contribution in [0.1, 0.15) is 12.8 Å². The van der Waals surface area contributed by atoms with E-state index in [1.165, 1.54) is 4.90 Å². The van der Waals surface area contributed by atoms with Gasteiger partial charge in [0, 0.05) is 18.0 Å². The first-order chi connectivity index (χ1) is 5.17. The van der Waals surface area contributed by atoms with E-state index in [4.69, 9.17) is 10.8 Å². The molecule has 0 aromatic heterocycles. The summed E-state index contributed by atoms with van der Waals surface area (Å²) in [5.74, 6) is 0. The fourth-order valence-corrected chi connectivity index (χ4v) is 2.23. The molecule has 3 rings (SSSR count). The molecule has 0 spiro atoms. The van der Waals surface area contributed by atoms with Gasteiger partial charge in [-0.25, -0.2) is 4.79 Å². The fraction of sp³-hybridized carbons (Fsp3) is 0.857. The summed E-state index contributed by atoms with van der Waals surface area (Å²) in [5, 5.41) is 8.71. The van der Waals surface area contributed by atoms with Gasteiger partial charge in [0.25, 0.3) is 0 Å². The van der Waals surface area contributed by atoms with Crippen molar-refractivity contribution in [3.05, 3.63) is 0 Å². The van der Waals surface area contributed by atoms with E-state index in [0.717, 1.165) is 12.8 Å². The molecule has 3 fully saturated rings. The first kappa shape index (κ1) is 6.91. The van der Waals surface area contributed by atoms with Gasteiger partial charge in [-0.05, 0) is 19.4 Å². The van der Waals surface area contributed by atoms with Crippen LogP contribution in [-0.2, 0) is 0 Å². The summed E-state index contributed by atoms with van der Waals surface area (Å²) in [6.07, 6.45) is 1.17. The van der Waals surface area contributed by atoms with Crippen LogP contribution in [0, 0.1) is 5.41 Å². The van der Waals surface area contributed by atoms with Crippen molar-refractivity contribution < 1.29 is 9.90 Å². The van der Waals surface area contributed by atoms with Crippen molar-refractivity contribution in [3.63, 3.8) is 0 Å². The average molecular weight is 156 g/mol. The molecule has 0 aromatic rings. The van der Waals surface area contributed by atoms with Crippen molar-refractivity contribution in [2.24, 2.45) is 11.1 Å². The molecule has 3 N–H and O–H groups in total. The van der Waals surface area contributed by atoms with Gasteiger partial charge in [-0.1, -0.05) is 0 Å². The molecule has 11 heavy (non-hydrogen) atoms. The van der Waals surface area contributed by atoms with Crippen LogP contribution in [0.15, 0.2) is 0 Å². The SMILES string of the molecule is NCC12CC(C1)N(C(=O)O)C2. The molecular formula is C7H12N2O2. The zero-order valence-corrected chi connectivity index (χ0v) is 6.29. The van der Waals surface area contributed by atoms with Gasteiger partial charge in [0.05, 0.1) is 0 Å². The molecule has 2 aliphatic heterocycles. The molecule has 4 heteroatoms. The lowest BCUT2D eigenvalue weighted by atomic mass is 9.70. The van der Waals surface area contributed by atoms with Gasteiger partial charge in [-0.2, -0.15) is 0 Å². The third-order valence-electron chi connectivity index (χ3n) is 2.96. The van der Waals surface area contributed by atoms with E-state index in [0.29, 0.717) is 13.1 Å².